The van der Waals surface area contributed by atoms with Crippen LogP contribution in [0.2, 0.25) is 0 Å². The molecule has 7 nitrogen and oxygen atoms in total. The number of unbranched alkanes of at least 4 members (excludes halogenated alkanes) is 2. The Hall–Kier alpha value is -2.93. The van der Waals surface area contributed by atoms with Crippen LogP contribution in [0.4, 0.5) is 5.95 Å². The van der Waals surface area contributed by atoms with E-state index in [-0.39, 0.29) is 5.56 Å². The van der Waals surface area contributed by atoms with E-state index in [0.717, 1.165) is 55.9 Å². The minimum absolute atomic E-state index is 0.113. The van der Waals surface area contributed by atoms with E-state index in [1.54, 1.807) is 18.6 Å². The maximum Gasteiger partial charge on any atom is 0.255 e. The van der Waals surface area contributed by atoms with Crippen molar-refractivity contribution in [2.45, 2.75) is 38.6 Å². The van der Waals surface area contributed by atoms with Crippen molar-refractivity contribution >= 4 is 5.95 Å². The van der Waals surface area contributed by atoms with Gasteiger partial charge in [0.1, 0.15) is 11.5 Å². The largest absolute Gasteiger partial charge is 0.465 e. The van der Waals surface area contributed by atoms with Crippen LogP contribution >= 0.6 is 0 Å². The molecule has 0 amide bonds. The van der Waals surface area contributed by atoms with Gasteiger partial charge in [0.15, 0.2) is 0 Å². The molecule has 0 radical (unpaired) electrons. The van der Waals surface area contributed by atoms with Gasteiger partial charge in [-0.25, -0.2) is 4.98 Å². The molecule has 2 N–H and O–H groups in total. The molecule has 0 fully saturated rings. The average Bonchev–Trinajstić information content (AvgIpc) is 3.14. The van der Waals surface area contributed by atoms with Gasteiger partial charge >= 0.3 is 0 Å². The molecule has 0 saturated heterocycles. The van der Waals surface area contributed by atoms with Gasteiger partial charge in [-0.05, 0) is 50.7 Å². The average molecular weight is 396 g/mol. The highest BCUT2D eigenvalue weighted by Gasteiger charge is 2.05. The molecule has 3 aromatic heterocycles. The van der Waals surface area contributed by atoms with E-state index in [2.05, 4.69) is 37.3 Å². The Bertz CT molecular complexity index is 934. The van der Waals surface area contributed by atoms with Gasteiger partial charge in [0.2, 0.25) is 5.95 Å². The number of anilines is 1. The van der Waals surface area contributed by atoms with Gasteiger partial charge in [-0.2, -0.15) is 0 Å². The number of aromatic amines is 1. The van der Waals surface area contributed by atoms with Crippen LogP contribution < -0.4 is 10.9 Å². The number of aromatic nitrogens is 3. The van der Waals surface area contributed by atoms with Crippen molar-refractivity contribution in [1.29, 1.82) is 0 Å². The summed E-state index contributed by atoms with van der Waals surface area (Å²) in [6, 6.07) is 7.93. The fraction of sp³-hybridized carbons (Fsp3) is 0.409. The van der Waals surface area contributed by atoms with E-state index in [9.17, 15) is 4.79 Å². The fourth-order valence-electron chi connectivity index (χ4n) is 3.12. The Morgan fingerprint density at radius 2 is 1.97 bits per heavy atom. The summed E-state index contributed by atoms with van der Waals surface area (Å²) in [6.45, 7) is 1.60. The predicted octanol–water partition coefficient (Wildman–Crippen LogP) is 3.24. The van der Waals surface area contributed by atoms with Crippen molar-refractivity contribution in [2.24, 2.45) is 0 Å². The third kappa shape index (κ3) is 6.87. The summed E-state index contributed by atoms with van der Waals surface area (Å²) in [5.74, 6) is 2.57. The molecule has 3 heterocycles. The SMILES string of the molecule is CN(C)Cc1ccc(CCCCCNc2ncc(Cc3cccnc3)c(=O)[nH]2)o1. The summed E-state index contributed by atoms with van der Waals surface area (Å²) in [5.41, 5.74) is 1.51. The Labute approximate surface area is 171 Å². The number of rotatable bonds is 11. The van der Waals surface area contributed by atoms with Crippen molar-refractivity contribution in [3.63, 3.8) is 0 Å². The summed E-state index contributed by atoms with van der Waals surface area (Å²) in [4.78, 5) is 25.5. The molecule has 0 aliphatic heterocycles. The second kappa shape index (κ2) is 10.6. The number of hydrogen-bond donors (Lipinski definition) is 2. The predicted molar refractivity (Wildman–Crippen MR) is 114 cm³/mol. The van der Waals surface area contributed by atoms with Crippen LogP contribution in [0.1, 0.15) is 41.9 Å². The second-order valence-corrected chi connectivity index (χ2v) is 7.47. The number of nitrogens with one attached hydrogen (secondary N) is 2. The molecular weight excluding hydrogens is 366 g/mol. The van der Waals surface area contributed by atoms with Crippen molar-refractivity contribution < 1.29 is 4.42 Å². The van der Waals surface area contributed by atoms with Crippen LogP contribution in [0, 0.1) is 0 Å². The molecule has 3 rings (SSSR count). The van der Waals surface area contributed by atoms with E-state index >= 15 is 0 Å². The summed E-state index contributed by atoms with van der Waals surface area (Å²) in [7, 11) is 4.07. The van der Waals surface area contributed by atoms with Crippen LogP contribution in [0.25, 0.3) is 0 Å². The molecule has 0 aliphatic rings. The van der Waals surface area contributed by atoms with Crippen molar-refractivity contribution in [2.75, 3.05) is 26.0 Å². The fourth-order valence-corrected chi connectivity index (χ4v) is 3.12. The highest BCUT2D eigenvalue weighted by Crippen LogP contribution is 2.13. The van der Waals surface area contributed by atoms with Gasteiger partial charge in [0.05, 0.1) is 6.54 Å². The van der Waals surface area contributed by atoms with Crippen LogP contribution in [-0.2, 0) is 19.4 Å². The maximum absolute atomic E-state index is 12.2. The summed E-state index contributed by atoms with van der Waals surface area (Å²) in [5, 5.41) is 3.19. The number of pyridine rings is 1. The maximum atomic E-state index is 12.2. The molecule has 3 aromatic rings. The molecule has 154 valence electrons. The number of H-pyrrole nitrogens is 1. The molecule has 0 aromatic carbocycles. The van der Waals surface area contributed by atoms with Gasteiger partial charge in [-0.3, -0.25) is 14.8 Å². The molecule has 0 saturated carbocycles. The third-order valence-corrected chi connectivity index (χ3v) is 4.57. The van der Waals surface area contributed by atoms with Crippen molar-refractivity contribution in [1.82, 2.24) is 19.9 Å². The van der Waals surface area contributed by atoms with Crippen molar-refractivity contribution in [3.05, 3.63) is 75.9 Å². The molecule has 7 heteroatoms. The first-order valence-corrected chi connectivity index (χ1v) is 10.0. The Balaban J connectivity index is 1.36. The number of hydrogen-bond acceptors (Lipinski definition) is 6. The zero-order chi connectivity index (χ0) is 20.5. The van der Waals surface area contributed by atoms with Gasteiger partial charge in [0, 0.05) is 43.5 Å². The Morgan fingerprint density at radius 3 is 2.72 bits per heavy atom. The van der Waals surface area contributed by atoms with Gasteiger partial charge < -0.3 is 14.6 Å². The van der Waals surface area contributed by atoms with Crippen LogP contribution in [-0.4, -0.2) is 40.5 Å². The minimum Gasteiger partial charge on any atom is -0.465 e. The zero-order valence-electron chi connectivity index (χ0n) is 17.1. The van der Waals surface area contributed by atoms with Gasteiger partial charge in [-0.15, -0.1) is 0 Å². The lowest BCUT2D eigenvalue weighted by Gasteiger charge is -2.07. The third-order valence-electron chi connectivity index (χ3n) is 4.57. The molecular formula is C22H29N5O2. The first kappa shape index (κ1) is 20.8. The second-order valence-electron chi connectivity index (χ2n) is 7.47. The topological polar surface area (TPSA) is 87.0 Å². The number of aryl methyl sites for hydroxylation is 1. The van der Waals surface area contributed by atoms with E-state index in [4.69, 9.17) is 4.42 Å². The van der Waals surface area contributed by atoms with Gasteiger partial charge in [0.25, 0.3) is 5.56 Å². The highest BCUT2D eigenvalue weighted by molar-refractivity contribution is 5.27. The molecule has 29 heavy (non-hydrogen) atoms. The van der Waals surface area contributed by atoms with Crippen LogP contribution in [0.5, 0.6) is 0 Å². The highest BCUT2D eigenvalue weighted by atomic mass is 16.3. The lowest BCUT2D eigenvalue weighted by Crippen LogP contribution is -2.17. The summed E-state index contributed by atoms with van der Waals surface area (Å²) < 4.78 is 5.83. The van der Waals surface area contributed by atoms with Crippen LogP contribution in [0.15, 0.2) is 52.1 Å². The lowest BCUT2D eigenvalue weighted by molar-refractivity contribution is 0.340. The smallest absolute Gasteiger partial charge is 0.255 e. The lowest BCUT2D eigenvalue weighted by atomic mass is 10.1. The summed E-state index contributed by atoms with van der Waals surface area (Å²) >= 11 is 0. The van der Waals surface area contributed by atoms with E-state index in [1.807, 2.05) is 26.2 Å². The minimum atomic E-state index is -0.113. The number of furan rings is 1. The molecule has 0 spiro atoms. The zero-order valence-corrected chi connectivity index (χ0v) is 17.1. The van der Waals surface area contributed by atoms with Gasteiger partial charge in [-0.1, -0.05) is 12.5 Å². The summed E-state index contributed by atoms with van der Waals surface area (Å²) in [6.07, 6.45) is 9.76. The van der Waals surface area contributed by atoms with E-state index in [1.165, 1.54) is 0 Å². The molecule has 0 unspecified atom stereocenters. The van der Waals surface area contributed by atoms with E-state index in [0.29, 0.717) is 17.9 Å². The Kier molecular flexibility index (Phi) is 7.58. The van der Waals surface area contributed by atoms with Crippen LogP contribution in [0.3, 0.4) is 0 Å². The molecule has 0 aliphatic carbocycles. The number of nitrogens with zero attached hydrogens (tertiary/aromatic N) is 3. The first-order chi connectivity index (χ1) is 14.1. The first-order valence-electron chi connectivity index (χ1n) is 10.0. The monoisotopic (exact) mass is 395 g/mol. The van der Waals surface area contributed by atoms with Crippen molar-refractivity contribution in [3.8, 4) is 0 Å². The molecule has 0 atom stereocenters. The van der Waals surface area contributed by atoms with E-state index < -0.39 is 0 Å². The Morgan fingerprint density at radius 1 is 1.10 bits per heavy atom. The quantitative estimate of drug-likeness (QED) is 0.485. The molecule has 0 bridgehead atoms. The normalized spacial score (nSPS) is 11.1. The standard InChI is InChI=1S/C22H29N5O2/c1-27(2)16-20-10-9-19(29-20)8-4-3-5-12-24-22-25-15-18(21(28)26-22)13-17-7-6-11-23-14-17/h6-7,9-11,14-15H,3-5,8,12-13,16H2,1-2H3,(H2,24,25,26,28).